The second-order valence-corrected chi connectivity index (χ2v) is 9.27. The predicted octanol–water partition coefficient (Wildman–Crippen LogP) is 9.56. The Hall–Kier alpha value is -1.83. The fraction of sp³-hybridized carbons (Fsp3) is 0.633. The SMILES string of the molecule is CCCCCCCCCCCCc1ccc(-c2ccc(OCCCCCCC)cc2)nc1. The topological polar surface area (TPSA) is 22.1 Å². The van der Waals surface area contributed by atoms with Crippen molar-refractivity contribution >= 4 is 0 Å². The molecule has 178 valence electrons. The Bertz CT molecular complexity index is 677. The molecule has 0 bridgehead atoms. The van der Waals surface area contributed by atoms with Gasteiger partial charge in [0, 0.05) is 11.8 Å². The lowest BCUT2D eigenvalue weighted by molar-refractivity contribution is 0.304. The molecule has 0 aliphatic rings. The van der Waals surface area contributed by atoms with Crippen LogP contribution in [-0.4, -0.2) is 11.6 Å². The number of hydrogen-bond acceptors (Lipinski definition) is 2. The molecule has 2 heteroatoms. The van der Waals surface area contributed by atoms with E-state index in [1.54, 1.807) is 0 Å². The van der Waals surface area contributed by atoms with E-state index in [4.69, 9.17) is 9.72 Å². The summed E-state index contributed by atoms with van der Waals surface area (Å²) in [5.74, 6) is 0.960. The van der Waals surface area contributed by atoms with Crippen molar-refractivity contribution in [3.8, 4) is 17.0 Å². The van der Waals surface area contributed by atoms with E-state index in [2.05, 4.69) is 56.4 Å². The van der Waals surface area contributed by atoms with E-state index in [1.165, 1.54) is 95.5 Å². The number of aryl methyl sites for hydroxylation is 1. The summed E-state index contributed by atoms with van der Waals surface area (Å²) in [6, 6.07) is 12.8. The number of pyridine rings is 1. The van der Waals surface area contributed by atoms with E-state index in [1.807, 2.05) is 0 Å². The van der Waals surface area contributed by atoms with E-state index in [9.17, 15) is 0 Å². The second kappa shape index (κ2) is 17.7. The maximum Gasteiger partial charge on any atom is 0.119 e. The summed E-state index contributed by atoms with van der Waals surface area (Å²) in [5.41, 5.74) is 3.56. The zero-order valence-corrected chi connectivity index (χ0v) is 20.9. The first-order valence-electron chi connectivity index (χ1n) is 13.5. The average Bonchev–Trinajstić information content (AvgIpc) is 2.83. The number of aromatic nitrogens is 1. The van der Waals surface area contributed by atoms with Crippen molar-refractivity contribution in [1.82, 2.24) is 4.98 Å². The van der Waals surface area contributed by atoms with Crippen LogP contribution in [-0.2, 0) is 6.42 Å². The van der Waals surface area contributed by atoms with Crippen LogP contribution in [0.2, 0.25) is 0 Å². The monoisotopic (exact) mass is 437 g/mol. The highest BCUT2D eigenvalue weighted by molar-refractivity contribution is 5.60. The molecule has 0 radical (unpaired) electrons. The summed E-state index contributed by atoms with van der Waals surface area (Å²) in [7, 11) is 0. The van der Waals surface area contributed by atoms with Crippen LogP contribution in [0.3, 0.4) is 0 Å². The van der Waals surface area contributed by atoms with Gasteiger partial charge in [0.05, 0.1) is 12.3 Å². The highest BCUT2D eigenvalue weighted by atomic mass is 16.5. The van der Waals surface area contributed by atoms with Gasteiger partial charge in [0.15, 0.2) is 0 Å². The van der Waals surface area contributed by atoms with Gasteiger partial charge in [-0.3, -0.25) is 4.98 Å². The lowest BCUT2D eigenvalue weighted by atomic mass is 10.0. The minimum absolute atomic E-state index is 0.814. The highest BCUT2D eigenvalue weighted by Gasteiger charge is 2.02. The largest absolute Gasteiger partial charge is 0.494 e. The molecule has 0 aliphatic carbocycles. The van der Waals surface area contributed by atoms with Gasteiger partial charge in [0.2, 0.25) is 0 Å². The zero-order chi connectivity index (χ0) is 22.7. The molecule has 0 atom stereocenters. The van der Waals surface area contributed by atoms with Crippen molar-refractivity contribution in [3.05, 3.63) is 48.2 Å². The normalized spacial score (nSPS) is 11.1. The van der Waals surface area contributed by atoms with E-state index >= 15 is 0 Å². The predicted molar refractivity (Wildman–Crippen MR) is 139 cm³/mol. The summed E-state index contributed by atoms with van der Waals surface area (Å²) in [5, 5.41) is 0. The standard InChI is InChI=1S/C30H47NO/c1-3-5-7-9-10-11-12-13-14-16-18-27-19-24-30(31-26-27)28-20-22-29(23-21-28)32-25-17-15-8-6-4-2/h19-24,26H,3-18,25H2,1-2H3. The number of ether oxygens (including phenoxy) is 1. The Labute approximate surface area is 198 Å². The first kappa shape index (κ1) is 26.4. The third kappa shape index (κ3) is 11.7. The molecule has 0 spiro atoms. The molecular weight excluding hydrogens is 390 g/mol. The molecule has 1 heterocycles. The minimum atomic E-state index is 0.814. The molecule has 1 aromatic heterocycles. The van der Waals surface area contributed by atoms with E-state index in [-0.39, 0.29) is 0 Å². The average molecular weight is 438 g/mol. The van der Waals surface area contributed by atoms with E-state index in [0.29, 0.717) is 0 Å². The van der Waals surface area contributed by atoms with Crippen LogP contribution in [0, 0.1) is 0 Å². The minimum Gasteiger partial charge on any atom is -0.494 e. The van der Waals surface area contributed by atoms with Gasteiger partial charge in [-0.1, -0.05) is 103 Å². The third-order valence-electron chi connectivity index (χ3n) is 6.31. The van der Waals surface area contributed by atoms with Gasteiger partial charge in [0.25, 0.3) is 0 Å². The first-order chi connectivity index (χ1) is 15.8. The summed E-state index contributed by atoms with van der Waals surface area (Å²) in [6.45, 7) is 5.35. The van der Waals surface area contributed by atoms with E-state index < -0.39 is 0 Å². The third-order valence-corrected chi connectivity index (χ3v) is 6.31. The number of rotatable bonds is 19. The highest BCUT2D eigenvalue weighted by Crippen LogP contribution is 2.22. The maximum atomic E-state index is 5.88. The van der Waals surface area contributed by atoms with Crippen LogP contribution in [0.4, 0.5) is 0 Å². The summed E-state index contributed by atoms with van der Waals surface area (Å²) in [4.78, 5) is 4.71. The molecule has 0 unspecified atom stereocenters. The van der Waals surface area contributed by atoms with Gasteiger partial charge in [-0.15, -0.1) is 0 Å². The van der Waals surface area contributed by atoms with Crippen LogP contribution in [0.5, 0.6) is 5.75 Å². The van der Waals surface area contributed by atoms with Gasteiger partial charge in [-0.25, -0.2) is 0 Å². The van der Waals surface area contributed by atoms with Gasteiger partial charge >= 0.3 is 0 Å². The van der Waals surface area contributed by atoms with Crippen LogP contribution in [0.15, 0.2) is 42.6 Å². The number of unbranched alkanes of at least 4 members (excludes halogenated alkanes) is 13. The van der Waals surface area contributed by atoms with Crippen LogP contribution in [0.1, 0.15) is 116 Å². The molecule has 0 saturated heterocycles. The number of nitrogens with zero attached hydrogens (tertiary/aromatic N) is 1. The van der Waals surface area contributed by atoms with Crippen LogP contribution >= 0.6 is 0 Å². The Kier molecular flexibility index (Phi) is 14.6. The van der Waals surface area contributed by atoms with Crippen LogP contribution < -0.4 is 4.74 Å². The summed E-state index contributed by atoms with van der Waals surface area (Å²) in [6.07, 6.45) is 23.4. The summed E-state index contributed by atoms with van der Waals surface area (Å²) >= 11 is 0. The van der Waals surface area contributed by atoms with Crippen molar-refractivity contribution in [2.24, 2.45) is 0 Å². The lowest BCUT2D eigenvalue weighted by Crippen LogP contribution is -1.97. The summed E-state index contributed by atoms with van der Waals surface area (Å²) < 4.78 is 5.88. The van der Waals surface area contributed by atoms with Crippen molar-refractivity contribution in [1.29, 1.82) is 0 Å². The molecule has 0 fully saturated rings. The fourth-order valence-corrected chi connectivity index (χ4v) is 4.18. The second-order valence-electron chi connectivity index (χ2n) is 9.27. The van der Waals surface area contributed by atoms with E-state index in [0.717, 1.165) is 36.5 Å². The fourth-order valence-electron chi connectivity index (χ4n) is 4.18. The van der Waals surface area contributed by atoms with Crippen molar-refractivity contribution in [2.45, 2.75) is 117 Å². The molecule has 2 aromatic rings. The Morgan fingerprint density at radius 2 is 1.16 bits per heavy atom. The maximum absolute atomic E-state index is 5.88. The Morgan fingerprint density at radius 1 is 0.594 bits per heavy atom. The van der Waals surface area contributed by atoms with Gasteiger partial charge < -0.3 is 4.74 Å². The van der Waals surface area contributed by atoms with Gasteiger partial charge in [-0.05, 0) is 55.2 Å². The molecular formula is C30H47NO. The quantitative estimate of drug-likeness (QED) is 0.204. The first-order valence-corrected chi connectivity index (χ1v) is 13.5. The molecule has 32 heavy (non-hydrogen) atoms. The van der Waals surface area contributed by atoms with Crippen molar-refractivity contribution in [3.63, 3.8) is 0 Å². The molecule has 0 aliphatic heterocycles. The Balaban J connectivity index is 1.59. The molecule has 0 N–H and O–H groups in total. The van der Waals surface area contributed by atoms with Crippen LogP contribution in [0.25, 0.3) is 11.3 Å². The van der Waals surface area contributed by atoms with Gasteiger partial charge in [-0.2, -0.15) is 0 Å². The zero-order valence-electron chi connectivity index (χ0n) is 20.9. The van der Waals surface area contributed by atoms with Crippen molar-refractivity contribution in [2.75, 3.05) is 6.61 Å². The number of benzene rings is 1. The van der Waals surface area contributed by atoms with Gasteiger partial charge in [0.1, 0.15) is 5.75 Å². The molecule has 0 saturated carbocycles. The molecule has 2 nitrogen and oxygen atoms in total. The van der Waals surface area contributed by atoms with Crippen molar-refractivity contribution < 1.29 is 4.74 Å². The molecule has 0 amide bonds. The number of hydrogen-bond donors (Lipinski definition) is 0. The Morgan fingerprint density at radius 3 is 1.72 bits per heavy atom. The molecule has 1 aromatic carbocycles. The molecule has 2 rings (SSSR count). The smallest absolute Gasteiger partial charge is 0.119 e. The lowest BCUT2D eigenvalue weighted by Gasteiger charge is -2.08.